The first-order valence-electron chi connectivity index (χ1n) is 8.14. The second-order valence-corrected chi connectivity index (χ2v) is 7.36. The molecule has 0 radical (unpaired) electrons. The number of carbonyl (C=O) groups excluding carboxylic acids is 2. The molecule has 3 rings (SSSR count). The fourth-order valence-corrected chi connectivity index (χ4v) is 3.45. The normalized spacial score (nSPS) is 16.8. The summed E-state index contributed by atoms with van der Waals surface area (Å²) in [5.74, 6) is -1.30. The fraction of sp³-hybridized carbons (Fsp3) is 0.263. The SMILES string of the molecule is CSc1ccc(CNC(=O)[C@@H]2CC(=O)N(c3ccc(F)c(Cl)c3)C2)cc1. The number of carbonyl (C=O) groups is 2. The highest BCUT2D eigenvalue weighted by Gasteiger charge is 2.35. The molecule has 7 heteroatoms. The predicted octanol–water partition coefficient (Wildman–Crippen LogP) is 3.87. The molecule has 0 spiro atoms. The molecule has 0 aromatic heterocycles. The third kappa shape index (κ3) is 4.19. The summed E-state index contributed by atoms with van der Waals surface area (Å²) >= 11 is 7.44. The van der Waals surface area contributed by atoms with E-state index in [1.807, 2.05) is 30.5 Å². The molecule has 1 aliphatic rings. The number of hydrogen-bond donors (Lipinski definition) is 1. The van der Waals surface area contributed by atoms with Crippen molar-refractivity contribution in [3.8, 4) is 0 Å². The maximum atomic E-state index is 13.3. The number of thioether (sulfide) groups is 1. The predicted molar refractivity (Wildman–Crippen MR) is 102 cm³/mol. The van der Waals surface area contributed by atoms with Gasteiger partial charge in [-0.15, -0.1) is 11.8 Å². The highest BCUT2D eigenvalue weighted by molar-refractivity contribution is 7.98. The molecule has 0 bridgehead atoms. The van der Waals surface area contributed by atoms with Crippen LogP contribution in [-0.4, -0.2) is 24.6 Å². The molecule has 4 nitrogen and oxygen atoms in total. The minimum Gasteiger partial charge on any atom is -0.352 e. The zero-order chi connectivity index (χ0) is 18.7. The first-order valence-corrected chi connectivity index (χ1v) is 9.74. The molecule has 2 aromatic rings. The zero-order valence-electron chi connectivity index (χ0n) is 14.2. The molecule has 0 aliphatic carbocycles. The number of amides is 2. The Morgan fingerprint density at radius 1 is 1.31 bits per heavy atom. The van der Waals surface area contributed by atoms with Crippen LogP contribution in [0.1, 0.15) is 12.0 Å². The third-order valence-electron chi connectivity index (χ3n) is 4.34. The van der Waals surface area contributed by atoms with Crippen molar-refractivity contribution in [3.05, 3.63) is 58.9 Å². The van der Waals surface area contributed by atoms with Gasteiger partial charge >= 0.3 is 0 Å². The van der Waals surface area contributed by atoms with Crippen molar-refractivity contribution in [2.24, 2.45) is 5.92 Å². The van der Waals surface area contributed by atoms with Crippen molar-refractivity contribution in [3.63, 3.8) is 0 Å². The van der Waals surface area contributed by atoms with Crippen LogP contribution in [0.4, 0.5) is 10.1 Å². The minimum absolute atomic E-state index is 0.0445. The van der Waals surface area contributed by atoms with Crippen LogP contribution in [0.25, 0.3) is 0 Å². The summed E-state index contributed by atoms with van der Waals surface area (Å²) in [6.45, 7) is 0.679. The Hall–Kier alpha value is -2.05. The Kier molecular flexibility index (Phi) is 5.84. The average molecular weight is 393 g/mol. The van der Waals surface area contributed by atoms with E-state index in [9.17, 15) is 14.0 Å². The van der Waals surface area contributed by atoms with E-state index in [4.69, 9.17) is 11.6 Å². The number of hydrogen-bond acceptors (Lipinski definition) is 3. The van der Waals surface area contributed by atoms with E-state index >= 15 is 0 Å². The van der Waals surface area contributed by atoms with E-state index in [0.717, 1.165) is 10.5 Å². The van der Waals surface area contributed by atoms with Crippen LogP contribution in [-0.2, 0) is 16.1 Å². The highest BCUT2D eigenvalue weighted by atomic mass is 35.5. The monoisotopic (exact) mass is 392 g/mol. The van der Waals surface area contributed by atoms with E-state index < -0.39 is 11.7 Å². The number of benzene rings is 2. The van der Waals surface area contributed by atoms with Gasteiger partial charge in [-0.05, 0) is 42.2 Å². The van der Waals surface area contributed by atoms with Gasteiger partial charge in [-0.3, -0.25) is 9.59 Å². The topological polar surface area (TPSA) is 49.4 Å². The molecule has 0 unspecified atom stereocenters. The molecule has 1 saturated heterocycles. The Bertz CT molecular complexity index is 829. The van der Waals surface area contributed by atoms with Gasteiger partial charge in [0.25, 0.3) is 0 Å². The lowest BCUT2D eigenvalue weighted by atomic mass is 10.1. The van der Waals surface area contributed by atoms with Gasteiger partial charge in [0, 0.05) is 30.1 Å². The van der Waals surface area contributed by atoms with Gasteiger partial charge < -0.3 is 10.2 Å². The summed E-state index contributed by atoms with van der Waals surface area (Å²) in [5.41, 5.74) is 1.51. The van der Waals surface area contributed by atoms with Crippen LogP contribution in [0.3, 0.4) is 0 Å². The van der Waals surface area contributed by atoms with Gasteiger partial charge in [0.2, 0.25) is 11.8 Å². The number of anilines is 1. The standard InChI is InChI=1S/C19H18ClFN2O2S/c1-26-15-5-2-12(3-6-15)10-22-19(25)13-8-18(24)23(11-13)14-4-7-17(21)16(20)9-14/h2-7,9,13H,8,10-11H2,1H3,(H,22,25)/t13-/m1/s1. The molecule has 2 amide bonds. The lowest BCUT2D eigenvalue weighted by Gasteiger charge is -2.17. The lowest BCUT2D eigenvalue weighted by Crippen LogP contribution is -2.32. The van der Waals surface area contributed by atoms with Crippen molar-refractivity contribution in [1.82, 2.24) is 5.32 Å². The highest BCUT2D eigenvalue weighted by Crippen LogP contribution is 2.28. The maximum Gasteiger partial charge on any atom is 0.227 e. The summed E-state index contributed by atoms with van der Waals surface area (Å²) in [4.78, 5) is 27.3. The second kappa shape index (κ2) is 8.10. The van der Waals surface area contributed by atoms with Gasteiger partial charge in [0.05, 0.1) is 10.9 Å². The van der Waals surface area contributed by atoms with E-state index in [1.54, 1.807) is 11.8 Å². The number of rotatable bonds is 5. The van der Waals surface area contributed by atoms with Crippen molar-refractivity contribution < 1.29 is 14.0 Å². The van der Waals surface area contributed by atoms with Crippen molar-refractivity contribution >= 4 is 40.9 Å². The first-order chi connectivity index (χ1) is 12.5. The van der Waals surface area contributed by atoms with Crippen LogP contribution in [0, 0.1) is 11.7 Å². The number of nitrogens with zero attached hydrogens (tertiary/aromatic N) is 1. The van der Waals surface area contributed by atoms with Crippen molar-refractivity contribution in [2.75, 3.05) is 17.7 Å². The average Bonchev–Trinajstić information content (AvgIpc) is 3.04. The lowest BCUT2D eigenvalue weighted by molar-refractivity contribution is -0.126. The van der Waals surface area contributed by atoms with Gasteiger partial charge in [-0.1, -0.05) is 23.7 Å². The summed E-state index contributed by atoms with van der Waals surface area (Å²) in [6, 6.07) is 12.1. The Labute approximate surface area is 160 Å². The molecule has 1 aliphatic heterocycles. The number of nitrogens with one attached hydrogen (secondary N) is 1. The minimum atomic E-state index is -0.538. The fourth-order valence-electron chi connectivity index (χ4n) is 2.86. The molecule has 1 atom stereocenters. The van der Waals surface area contributed by atoms with Crippen LogP contribution < -0.4 is 10.2 Å². The van der Waals surface area contributed by atoms with Gasteiger partial charge in [-0.2, -0.15) is 0 Å². The van der Waals surface area contributed by atoms with Crippen LogP contribution in [0.5, 0.6) is 0 Å². The van der Waals surface area contributed by atoms with Gasteiger partial charge in [0.15, 0.2) is 0 Å². The molecule has 136 valence electrons. The summed E-state index contributed by atoms with van der Waals surface area (Å²) in [5, 5.41) is 2.84. The summed E-state index contributed by atoms with van der Waals surface area (Å²) in [7, 11) is 0. The van der Waals surface area contributed by atoms with Crippen LogP contribution in [0.15, 0.2) is 47.4 Å². The Balaban J connectivity index is 1.60. The molecular weight excluding hydrogens is 375 g/mol. The van der Waals surface area contributed by atoms with E-state index in [2.05, 4.69) is 5.32 Å². The second-order valence-electron chi connectivity index (χ2n) is 6.07. The molecule has 26 heavy (non-hydrogen) atoms. The quantitative estimate of drug-likeness (QED) is 0.786. The summed E-state index contributed by atoms with van der Waals surface area (Å²) in [6.07, 6.45) is 2.14. The number of halogens is 2. The third-order valence-corrected chi connectivity index (χ3v) is 5.37. The molecule has 1 fully saturated rings. The van der Waals surface area contributed by atoms with Crippen molar-refractivity contribution in [1.29, 1.82) is 0 Å². The molecule has 1 heterocycles. The van der Waals surface area contributed by atoms with Crippen LogP contribution in [0.2, 0.25) is 5.02 Å². The Morgan fingerprint density at radius 2 is 2.04 bits per heavy atom. The van der Waals surface area contributed by atoms with E-state index in [1.165, 1.54) is 23.1 Å². The molecule has 0 saturated carbocycles. The largest absolute Gasteiger partial charge is 0.352 e. The smallest absolute Gasteiger partial charge is 0.227 e. The van der Waals surface area contributed by atoms with Gasteiger partial charge in [-0.25, -0.2) is 4.39 Å². The maximum absolute atomic E-state index is 13.3. The summed E-state index contributed by atoms with van der Waals surface area (Å²) < 4.78 is 13.3. The van der Waals surface area contributed by atoms with E-state index in [-0.39, 0.29) is 29.8 Å². The van der Waals surface area contributed by atoms with Gasteiger partial charge in [0.1, 0.15) is 5.82 Å². The van der Waals surface area contributed by atoms with E-state index in [0.29, 0.717) is 12.2 Å². The zero-order valence-corrected chi connectivity index (χ0v) is 15.7. The van der Waals surface area contributed by atoms with Crippen LogP contribution >= 0.6 is 23.4 Å². The Morgan fingerprint density at radius 3 is 2.69 bits per heavy atom. The molecular formula is C19H18ClFN2O2S. The molecule has 2 aromatic carbocycles. The first kappa shape index (κ1) is 18.7. The van der Waals surface area contributed by atoms with Crippen molar-refractivity contribution in [2.45, 2.75) is 17.9 Å². The molecule has 1 N–H and O–H groups in total.